The van der Waals surface area contributed by atoms with Gasteiger partial charge in [0.25, 0.3) is 0 Å². The van der Waals surface area contributed by atoms with Gasteiger partial charge in [-0.2, -0.15) is 15.5 Å². The van der Waals surface area contributed by atoms with Crippen LogP contribution in [0, 0.1) is 29.1 Å². The lowest BCUT2D eigenvalue weighted by molar-refractivity contribution is -0.124. The number of rotatable bonds is 5. The van der Waals surface area contributed by atoms with Gasteiger partial charge in [-0.25, -0.2) is 9.50 Å². The number of carbonyl (C=O) groups is 1. The summed E-state index contributed by atoms with van der Waals surface area (Å²) in [5.74, 6) is 2.08. The van der Waals surface area contributed by atoms with Gasteiger partial charge in [-0.3, -0.25) is 9.48 Å². The van der Waals surface area contributed by atoms with Gasteiger partial charge in [-0.05, 0) is 18.2 Å². The van der Waals surface area contributed by atoms with Crippen LogP contribution in [0.1, 0.15) is 19.4 Å². The summed E-state index contributed by atoms with van der Waals surface area (Å²) in [5.41, 5.74) is 5.06. The first-order chi connectivity index (χ1) is 16.9. The normalized spacial score (nSPS) is 20.8. The zero-order valence-corrected chi connectivity index (χ0v) is 19.9. The predicted molar refractivity (Wildman–Crippen MR) is 131 cm³/mol. The molecule has 1 unspecified atom stereocenters. The monoisotopic (exact) mass is 466 g/mol. The molecule has 2 fully saturated rings. The van der Waals surface area contributed by atoms with Crippen LogP contribution < -0.4 is 10.2 Å². The van der Waals surface area contributed by atoms with E-state index in [-0.39, 0.29) is 11.8 Å². The lowest BCUT2D eigenvalue weighted by atomic mass is 10.0. The SMILES string of the molecule is CC(C)C(=O)NC1[C@H]2CN(c3ccc(-c4cc(-c5cnn(C)c5)cn5ncc(C#N)c45)cn3)C[C@@H]12. The van der Waals surface area contributed by atoms with Crippen molar-refractivity contribution in [2.24, 2.45) is 24.8 Å². The minimum Gasteiger partial charge on any atom is -0.356 e. The van der Waals surface area contributed by atoms with E-state index in [0.717, 1.165) is 46.7 Å². The standard InChI is InChI=1S/C26H26N8O/c1-15(2)26(35)31-24-21-13-33(14-22(21)24)23-5-4-16(8-28-23)20-6-17(19-10-29-32(3)11-19)12-34-25(20)18(7-27)9-30-34/h4-6,8-12,15,21-22,24H,13-14H2,1-3H3,(H,31,35)/t21-,22+,24?. The van der Waals surface area contributed by atoms with Crippen molar-refractivity contribution in [3.63, 3.8) is 0 Å². The van der Waals surface area contributed by atoms with Gasteiger partial charge in [-0.15, -0.1) is 0 Å². The highest BCUT2D eigenvalue weighted by Crippen LogP contribution is 2.46. The summed E-state index contributed by atoms with van der Waals surface area (Å²) in [5, 5.41) is 21.5. The second kappa shape index (κ2) is 7.94. The maximum atomic E-state index is 12.0. The molecule has 1 aliphatic carbocycles. The third-order valence-electron chi connectivity index (χ3n) is 7.18. The number of nitrogens with one attached hydrogen (secondary N) is 1. The number of carbonyl (C=O) groups excluding carboxylic acids is 1. The molecule has 9 nitrogen and oxygen atoms in total. The van der Waals surface area contributed by atoms with Gasteiger partial charge in [-0.1, -0.05) is 13.8 Å². The van der Waals surface area contributed by atoms with Crippen molar-refractivity contribution in [2.75, 3.05) is 18.0 Å². The number of anilines is 1. The molecule has 2 aliphatic rings. The van der Waals surface area contributed by atoms with Gasteiger partial charge in [0.05, 0.1) is 23.5 Å². The van der Waals surface area contributed by atoms with E-state index in [4.69, 9.17) is 4.98 Å². The fourth-order valence-electron chi connectivity index (χ4n) is 5.14. The van der Waals surface area contributed by atoms with Crippen LogP contribution >= 0.6 is 0 Å². The van der Waals surface area contributed by atoms with Crippen LogP contribution in [-0.4, -0.2) is 49.4 Å². The maximum absolute atomic E-state index is 12.0. The minimum atomic E-state index is 0.0158. The van der Waals surface area contributed by atoms with Crippen molar-refractivity contribution >= 4 is 17.2 Å². The van der Waals surface area contributed by atoms with E-state index < -0.39 is 0 Å². The molecule has 9 heteroatoms. The summed E-state index contributed by atoms with van der Waals surface area (Å²) in [6.07, 6.45) is 9.16. The summed E-state index contributed by atoms with van der Waals surface area (Å²) < 4.78 is 3.52. The molecule has 3 atom stereocenters. The molecule has 1 saturated carbocycles. The number of hydrogen-bond donors (Lipinski definition) is 1. The molecular formula is C26H26N8O. The first-order valence-electron chi connectivity index (χ1n) is 11.8. The molecule has 176 valence electrons. The van der Waals surface area contributed by atoms with Crippen molar-refractivity contribution in [1.29, 1.82) is 5.26 Å². The quantitative estimate of drug-likeness (QED) is 0.485. The van der Waals surface area contributed by atoms with Crippen LogP contribution in [0.2, 0.25) is 0 Å². The number of hydrogen-bond acceptors (Lipinski definition) is 6. The van der Waals surface area contributed by atoms with Crippen molar-refractivity contribution in [3.8, 4) is 28.3 Å². The van der Waals surface area contributed by atoms with Crippen molar-refractivity contribution in [2.45, 2.75) is 19.9 Å². The van der Waals surface area contributed by atoms with E-state index in [0.29, 0.717) is 23.4 Å². The van der Waals surface area contributed by atoms with E-state index in [1.54, 1.807) is 15.4 Å². The van der Waals surface area contributed by atoms with Gasteiger partial charge in [0.15, 0.2) is 0 Å². The molecular weight excluding hydrogens is 440 g/mol. The third kappa shape index (κ3) is 3.62. The van der Waals surface area contributed by atoms with Crippen LogP contribution in [0.25, 0.3) is 27.8 Å². The Kier molecular flexibility index (Phi) is 4.85. The minimum absolute atomic E-state index is 0.0158. The number of nitriles is 1. The summed E-state index contributed by atoms with van der Waals surface area (Å²) in [4.78, 5) is 19.1. The van der Waals surface area contributed by atoms with Crippen LogP contribution in [-0.2, 0) is 11.8 Å². The van der Waals surface area contributed by atoms with E-state index in [9.17, 15) is 10.1 Å². The number of aryl methyl sites for hydroxylation is 1. The van der Waals surface area contributed by atoms with Crippen LogP contribution in [0.15, 0.2) is 49.2 Å². The topological polar surface area (TPSA) is 104 Å². The number of amides is 1. The maximum Gasteiger partial charge on any atom is 0.222 e. The Morgan fingerprint density at radius 2 is 1.89 bits per heavy atom. The number of fused-ring (bicyclic) bond motifs is 2. The van der Waals surface area contributed by atoms with E-state index in [1.165, 1.54) is 0 Å². The fourth-order valence-corrected chi connectivity index (χ4v) is 5.14. The van der Waals surface area contributed by atoms with E-state index >= 15 is 0 Å². The Morgan fingerprint density at radius 1 is 1.09 bits per heavy atom. The Morgan fingerprint density at radius 3 is 2.51 bits per heavy atom. The molecule has 4 aromatic rings. The lowest BCUT2D eigenvalue weighted by Crippen LogP contribution is -2.36. The number of piperidine rings is 1. The molecule has 0 spiro atoms. The first kappa shape index (κ1) is 21.4. The first-order valence-corrected chi connectivity index (χ1v) is 11.8. The predicted octanol–water partition coefficient (Wildman–Crippen LogP) is 2.88. The smallest absolute Gasteiger partial charge is 0.222 e. The van der Waals surface area contributed by atoms with Crippen molar-refractivity contribution < 1.29 is 4.79 Å². The van der Waals surface area contributed by atoms with E-state index in [2.05, 4.69) is 38.6 Å². The molecule has 0 aromatic carbocycles. The zero-order chi connectivity index (χ0) is 24.3. The zero-order valence-electron chi connectivity index (χ0n) is 19.9. The van der Waals surface area contributed by atoms with Crippen LogP contribution in [0.5, 0.6) is 0 Å². The number of pyridine rings is 2. The Hall–Kier alpha value is -4.19. The molecule has 5 heterocycles. The molecule has 35 heavy (non-hydrogen) atoms. The van der Waals surface area contributed by atoms with Crippen LogP contribution in [0.4, 0.5) is 5.82 Å². The molecule has 1 N–H and O–H groups in total. The average molecular weight is 467 g/mol. The second-order valence-corrected chi connectivity index (χ2v) is 9.84. The van der Waals surface area contributed by atoms with Gasteiger partial charge in [0.2, 0.25) is 5.91 Å². The molecule has 0 radical (unpaired) electrons. The third-order valence-corrected chi connectivity index (χ3v) is 7.18. The highest BCUT2D eigenvalue weighted by molar-refractivity contribution is 5.87. The Labute approximate surface area is 203 Å². The molecule has 1 amide bonds. The van der Waals surface area contributed by atoms with Crippen LogP contribution in [0.3, 0.4) is 0 Å². The van der Waals surface area contributed by atoms with Crippen molar-refractivity contribution in [1.82, 2.24) is 29.7 Å². The van der Waals surface area contributed by atoms with Gasteiger partial charge in [0, 0.05) is 84.8 Å². The van der Waals surface area contributed by atoms with Gasteiger partial charge >= 0.3 is 0 Å². The highest BCUT2D eigenvalue weighted by atomic mass is 16.2. The summed E-state index contributed by atoms with van der Waals surface area (Å²) >= 11 is 0. The number of aromatic nitrogens is 5. The molecule has 1 saturated heterocycles. The van der Waals surface area contributed by atoms with Crippen molar-refractivity contribution in [3.05, 3.63) is 54.7 Å². The average Bonchev–Trinajstić information content (AvgIpc) is 3.31. The number of nitrogens with zero attached hydrogens (tertiary/aromatic N) is 7. The van der Waals surface area contributed by atoms with E-state index in [1.807, 2.05) is 51.7 Å². The molecule has 6 rings (SSSR count). The van der Waals surface area contributed by atoms with Gasteiger partial charge in [0.1, 0.15) is 11.9 Å². The summed E-state index contributed by atoms with van der Waals surface area (Å²) in [6, 6.07) is 8.72. The highest BCUT2D eigenvalue weighted by Gasteiger charge is 2.56. The summed E-state index contributed by atoms with van der Waals surface area (Å²) in [6.45, 7) is 5.66. The fraction of sp³-hybridized carbons (Fsp3) is 0.346. The molecule has 1 aliphatic heterocycles. The summed E-state index contributed by atoms with van der Waals surface area (Å²) in [7, 11) is 1.88. The molecule has 0 bridgehead atoms. The largest absolute Gasteiger partial charge is 0.356 e. The van der Waals surface area contributed by atoms with Gasteiger partial charge < -0.3 is 10.2 Å². The molecule has 4 aromatic heterocycles. The lowest BCUT2D eigenvalue weighted by Gasteiger charge is -2.22. The Balaban J connectivity index is 1.27. The second-order valence-electron chi connectivity index (χ2n) is 9.84. The Bertz CT molecular complexity index is 1460.